The van der Waals surface area contributed by atoms with Crippen LogP contribution < -0.4 is 0 Å². The first-order valence-electron chi connectivity index (χ1n) is 4.92. The van der Waals surface area contributed by atoms with Crippen LogP contribution >= 0.6 is 15.9 Å². The zero-order valence-corrected chi connectivity index (χ0v) is 10.6. The molecule has 0 saturated heterocycles. The highest BCUT2D eigenvalue weighted by Gasteiger charge is 2.07. The van der Waals surface area contributed by atoms with E-state index in [4.69, 9.17) is 0 Å². The van der Waals surface area contributed by atoms with Crippen molar-refractivity contribution in [2.45, 2.75) is 26.2 Å². The lowest BCUT2D eigenvalue weighted by Gasteiger charge is -2.08. The summed E-state index contributed by atoms with van der Waals surface area (Å²) in [5.74, 6) is -0.172. The number of methoxy groups -OCH3 is 1. The van der Waals surface area contributed by atoms with Crippen molar-refractivity contribution in [3.05, 3.63) is 33.9 Å². The second kappa shape index (κ2) is 5.91. The van der Waals surface area contributed by atoms with Crippen LogP contribution in [0.4, 0.5) is 0 Å². The number of carbonyl (C=O) groups excluding carboxylic acids is 1. The van der Waals surface area contributed by atoms with Gasteiger partial charge in [0.1, 0.15) is 0 Å². The topological polar surface area (TPSA) is 26.3 Å². The highest BCUT2D eigenvalue weighted by molar-refractivity contribution is 9.11. The van der Waals surface area contributed by atoms with E-state index in [1.54, 1.807) is 0 Å². The van der Waals surface area contributed by atoms with E-state index < -0.39 is 0 Å². The lowest BCUT2D eigenvalue weighted by Crippen LogP contribution is -2.02. The molecular weight excluding hydrogens is 256 g/mol. The van der Waals surface area contributed by atoms with Gasteiger partial charge in [-0.05, 0) is 25.3 Å². The highest BCUT2D eigenvalue weighted by Crippen LogP contribution is 2.22. The summed E-state index contributed by atoms with van der Waals surface area (Å²) in [5.41, 5.74) is 2.27. The summed E-state index contributed by atoms with van der Waals surface area (Å²) in [7, 11) is 1.42. The zero-order chi connectivity index (χ0) is 11.3. The summed E-state index contributed by atoms with van der Waals surface area (Å²) in [5, 5.41) is 0. The quantitative estimate of drug-likeness (QED) is 0.718. The first kappa shape index (κ1) is 12.2. The Morgan fingerprint density at radius 1 is 1.60 bits per heavy atom. The van der Waals surface area contributed by atoms with Gasteiger partial charge in [-0.3, -0.25) is 4.79 Å². The molecule has 1 aliphatic rings. The van der Waals surface area contributed by atoms with Gasteiger partial charge in [0.15, 0.2) is 0 Å². The lowest BCUT2D eigenvalue weighted by molar-refractivity contribution is -0.139. The molecule has 15 heavy (non-hydrogen) atoms. The summed E-state index contributed by atoms with van der Waals surface area (Å²) < 4.78 is 5.74. The summed E-state index contributed by atoms with van der Waals surface area (Å²) >= 11 is 3.48. The van der Waals surface area contributed by atoms with Crippen molar-refractivity contribution in [3.8, 4) is 0 Å². The molecule has 0 radical (unpaired) electrons. The molecule has 0 saturated carbocycles. The van der Waals surface area contributed by atoms with Gasteiger partial charge in [-0.25, -0.2) is 0 Å². The number of hydrogen-bond donors (Lipinski definition) is 0. The van der Waals surface area contributed by atoms with Gasteiger partial charge in [0.25, 0.3) is 0 Å². The molecule has 0 aromatic rings. The summed E-state index contributed by atoms with van der Waals surface area (Å²) in [6.45, 7) is 2.02. The van der Waals surface area contributed by atoms with Crippen LogP contribution in [-0.2, 0) is 9.53 Å². The molecule has 2 nitrogen and oxygen atoms in total. The third kappa shape index (κ3) is 4.04. The maximum atomic E-state index is 11.2. The molecule has 0 unspecified atom stereocenters. The van der Waals surface area contributed by atoms with Gasteiger partial charge in [-0.15, -0.1) is 0 Å². The van der Waals surface area contributed by atoms with Crippen LogP contribution in [-0.4, -0.2) is 13.1 Å². The third-order valence-corrected chi connectivity index (χ3v) is 3.18. The van der Waals surface area contributed by atoms with E-state index in [0.717, 1.165) is 28.5 Å². The maximum absolute atomic E-state index is 11.2. The van der Waals surface area contributed by atoms with Crippen molar-refractivity contribution in [3.63, 3.8) is 0 Å². The van der Waals surface area contributed by atoms with Crippen LogP contribution in [0.1, 0.15) is 26.2 Å². The van der Waals surface area contributed by atoms with Crippen molar-refractivity contribution >= 4 is 21.9 Å². The van der Waals surface area contributed by atoms with Gasteiger partial charge >= 0.3 is 5.97 Å². The fourth-order valence-electron chi connectivity index (χ4n) is 1.43. The lowest BCUT2D eigenvalue weighted by atomic mass is 10.0. The standard InChI is InChI=1S/C12H15BrO2/c1-9-7-10(8-12(14)15-2)5-3-4-6-11(9)13/h4,6-7H,3,5,8H2,1-2H3/b6-4-,10-7+,11-9+. The molecule has 0 atom stereocenters. The zero-order valence-electron chi connectivity index (χ0n) is 9.05. The third-order valence-electron chi connectivity index (χ3n) is 2.29. The number of esters is 1. The molecule has 1 aliphatic carbocycles. The SMILES string of the molecule is COC(=O)C/C1=C/C(C)=C(Br)\C=C/CC1. The number of rotatable bonds is 2. The van der Waals surface area contributed by atoms with Crippen molar-refractivity contribution in [2.75, 3.05) is 7.11 Å². The molecule has 3 heteroatoms. The maximum Gasteiger partial charge on any atom is 0.309 e. The normalized spacial score (nSPS) is 27.3. The van der Waals surface area contributed by atoms with Gasteiger partial charge in [0, 0.05) is 4.48 Å². The number of hydrogen-bond acceptors (Lipinski definition) is 2. The summed E-state index contributed by atoms with van der Waals surface area (Å²) in [4.78, 5) is 11.2. The number of ether oxygens (including phenoxy) is 1. The molecule has 0 aliphatic heterocycles. The van der Waals surface area contributed by atoms with Gasteiger partial charge in [0.2, 0.25) is 0 Å². The Bertz CT molecular complexity index is 338. The van der Waals surface area contributed by atoms with Crippen LogP contribution in [0.15, 0.2) is 33.9 Å². The van der Waals surface area contributed by atoms with Crippen LogP contribution in [0.5, 0.6) is 0 Å². The van der Waals surface area contributed by atoms with Crippen molar-refractivity contribution in [2.24, 2.45) is 0 Å². The first-order valence-corrected chi connectivity index (χ1v) is 5.72. The minimum absolute atomic E-state index is 0.172. The molecule has 0 aromatic carbocycles. The summed E-state index contributed by atoms with van der Waals surface area (Å²) in [6, 6.07) is 0. The smallest absolute Gasteiger partial charge is 0.309 e. The Morgan fingerprint density at radius 3 is 3.00 bits per heavy atom. The molecule has 0 fully saturated rings. The highest BCUT2D eigenvalue weighted by atomic mass is 79.9. The van der Waals surface area contributed by atoms with E-state index in [2.05, 4.69) is 38.9 Å². The molecule has 1 rings (SSSR count). The predicted octanol–water partition coefficient (Wildman–Crippen LogP) is 3.49. The van der Waals surface area contributed by atoms with Crippen LogP contribution in [0.3, 0.4) is 0 Å². The van der Waals surface area contributed by atoms with E-state index in [9.17, 15) is 4.79 Å². The van der Waals surface area contributed by atoms with E-state index >= 15 is 0 Å². The van der Waals surface area contributed by atoms with Crippen LogP contribution in [0.25, 0.3) is 0 Å². The van der Waals surface area contributed by atoms with E-state index in [0.29, 0.717) is 6.42 Å². The van der Waals surface area contributed by atoms with E-state index in [1.807, 2.05) is 6.92 Å². The van der Waals surface area contributed by atoms with Gasteiger partial charge in [-0.2, -0.15) is 0 Å². The fraction of sp³-hybridized carbons (Fsp3) is 0.417. The average Bonchev–Trinajstić information content (AvgIpc) is 2.21. The molecule has 0 heterocycles. The monoisotopic (exact) mass is 270 g/mol. The molecule has 0 N–H and O–H groups in total. The molecule has 0 amide bonds. The Hall–Kier alpha value is -0.830. The Morgan fingerprint density at radius 2 is 2.33 bits per heavy atom. The van der Waals surface area contributed by atoms with Gasteiger partial charge in [-0.1, -0.05) is 39.7 Å². The second-order valence-electron chi connectivity index (χ2n) is 3.53. The Labute approximate surface area is 98.8 Å². The average molecular weight is 271 g/mol. The van der Waals surface area contributed by atoms with Crippen molar-refractivity contribution < 1.29 is 9.53 Å². The first-order chi connectivity index (χ1) is 7.13. The second-order valence-corrected chi connectivity index (χ2v) is 4.38. The number of halogens is 1. The number of allylic oxidation sites excluding steroid dienone is 5. The molecule has 0 bridgehead atoms. The Kier molecular flexibility index (Phi) is 4.82. The fourth-order valence-corrected chi connectivity index (χ4v) is 1.73. The van der Waals surface area contributed by atoms with Crippen molar-refractivity contribution in [1.82, 2.24) is 0 Å². The van der Waals surface area contributed by atoms with E-state index in [-0.39, 0.29) is 5.97 Å². The Balaban J connectivity index is 2.81. The predicted molar refractivity (Wildman–Crippen MR) is 64.7 cm³/mol. The van der Waals surface area contributed by atoms with E-state index in [1.165, 1.54) is 7.11 Å². The molecule has 82 valence electrons. The van der Waals surface area contributed by atoms with Crippen LogP contribution in [0.2, 0.25) is 0 Å². The van der Waals surface area contributed by atoms with Crippen molar-refractivity contribution in [1.29, 1.82) is 0 Å². The van der Waals surface area contributed by atoms with Gasteiger partial charge in [0.05, 0.1) is 13.5 Å². The van der Waals surface area contributed by atoms with Gasteiger partial charge < -0.3 is 4.74 Å². The number of carbonyl (C=O) groups is 1. The minimum atomic E-state index is -0.172. The molecule has 0 spiro atoms. The molecule has 0 aromatic heterocycles. The minimum Gasteiger partial charge on any atom is -0.469 e. The molecular formula is C12H15BrO2. The largest absolute Gasteiger partial charge is 0.469 e. The summed E-state index contributed by atoms with van der Waals surface area (Å²) in [6.07, 6.45) is 8.50. The van der Waals surface area contributed by atoms with Crippen LogP contribution in [0, 0.1) is 0 Å².